The highest BCUT2D eigenvalue weighted by molar-refractivity contribution is 9.10. The van der Waals surface area contributed by atoms with Gasteiger partial charge in [0.1, 0.15) is 5.41 Å². The first-order valence-corrected chi connectivity index (χ1v) is 7.84. The van der Waals surface area contributed by atoms with Crippen molar-refractivity contribution in [3.05, 3.63) is 28.2 Å². The van der Waals surface area contributed by atoms with Crippen LogP contribution in [-0.4, -0.2) is 17.4 Å². The first kappa shape index (κ1) is 16.0. The molecule has 0 bridgehead atoms. The second-order valence-corrected chi connectivity index (χ2v) is 7.62. The Hall–Kier alpha value is -1.36. The van der Waals surface area contributed by atoms with Crippen molar-refractivity contribution in [3.63, 3.8) is 0 Å². The van der Waals surface area contributed by atoms with E-state index in [0.29, 0.717) is 12.8 Å². The van der Waals surface area contributed by atoms with Crippen LogP contribution in [0.2, 0.25) is 0 Å². The topological polar surface area (TPSA) is 58.2 Å². The Kier molecular flexibility index (Phi) is 4.15. The van der Waals surface area contributed by atoms with Crippen LogP contribution in [0.15, 0.2) is 22.7 Å². The molecule has 0 aromatic heterocycles. The van der Waals surface area contributed by atoms with Crippen molar-refractivity contribution >= 4 is 33.4 Å². The Balaban J connectivity index is 2.11. The second kappa shape index (κ2) is 5.44. The molecule has 1 aromatic carbocycles. The summed E-state index contributed by atoms with van der Waals surface area (Å²) in [4.78, 5) is 24.8. The first-order chi connectivity index (χ1) is 9.64. The van der Waals surface area contributed by atoms with E-state index in [2.05, 4.69) is 26.6 Å². The number of rotatable bonds is 3. The van der Waals surface area contributed by atoms with Crippen molar-refractivity contribution in [2.75, 3.05) is 5.32 Å². The molecule has 114 valence electrons. The standard InChI is InChI=1S/C16H21BrN2O2/c1-10-9-11(17)5-6-12(10)18-13(20)16(7-8-16)14(21)19-15(2,3)4/h5-6,9H,7-8H2,1-4H3,(H,18,20)(H,19,21). The van der Waals surface area contributed by atoms with Crippen molar-refractivity contribution in [1.82, 2.24) is 5.32 Å². The second-order valence-electron chi connectivity index (χ2n) is 6.70. The van der Waals surface area contributed by atoms with E-state index in [1.54, 1.807) is 0 Å². The smallest absolute Gasteiger partial charge is 0.240 e. The third-order valence-corrected chi connectivity index (χ3v) is 4.04. The molecule has 0 heterocycles. The summed E-state index contributed by atoms with van der Waals surface area (Å²) in [6.07, 6.45) is 1.21. The zero-order chi connectivity index (χ0) is 15.8. The fourth-order valence-corrected chi connectivity index (χ4v) is 2.63. The van der Waals surface area contributed by atoms with Gasteiger partial charge < -0.3 is 10.6 Å². The molecular weight excluding hydrogens is 332 g/mol. The quantitative estimate of drug-likeness (QED) is 0.819. The molecule has 1 saturated carbocycles. The predicted octanol–water partition coefficient (Wildman–Crippen LogP) is 3.39. The molecule has 0 aliphatic heterocycles. The lowest BCUT2D eigenvalue weighted by Crippen LogP contribution is -2.48. The van der Waals surface area contributed by atoms with Gasteiger partial charge in [-0.2, -0.15) is 0 Å². The number of aryl methyl sites for hydroxylation is 1. The fraction of sp³-hybridized carbons (Fsp3) is 0.500. The predicted molar refractivity (Wildman–Crippen MR) is 87.1 cm³/mol. The SMILES string of the molecule is Cc1cc(Br)ccc1NC(=O)C1(C(=O)NC(C)(C)C)CC1. The Morgan fingerprint density at radius 3 is 2.29 bits per heavy atom. The molecular formula is C16H21BrN2O2. The summed E-state index contributed by atoms with van der Waals surface area (Å²) in [6.45, 7) is 7.67. The van der Waals surface area contributed by atoms with Gasteiger partial charge >= 0.3 is 0 Å². The molecule has 2 N–H and O–H groups in total. The van der Waals surface area contributed by atoms with Crippen LogP contribution < -0.4 is 10.6 Å². The zero-order valence-electron chi connectivity index (χ0n) is 12.8. The summed E-state index contributed by atoms with van der Waals surface area (Å²) in [6, 6.07) is 5.65. The molecule has 1 aliphatic carbocycles. The van der Waals surface area contributed by atoms with Crippen LogP contribution in [0.1, 0.15) is 39.2 Å². The lowest BCUT2D eigenvalue weighted by atomic mass is 10.0. The van der Waals surface area contributed by atoms with Crippen LogP contribution in [0.5, 0.6) is 0 Å². The molecule has 2 rings (SSSR count). The maximum absolute atomic E-state index is 12.5. The minimum Gasteiger partial charge on any atom is -0.351 e. The highest BCUT2D eigenvalue weighted by atomic mass is 79.9. The van der Waals surface area contributed by atoms with E-state index >= 15 is 0 Å². The largest absolute Gasteiger partial charge is 0.351 e. The molecule has 0 spiro atoms. The maximum Gasteiger partial charge on any atom is 0.240 e. The Labute approximate surface area is 133 Å². The van der Waals surface area contributed by atoms with E-state index < -0.39 is 5.41 Å². The van der Waals surface area contributed by atoms with Crippen LogP contribution in [0.25, 0.3) is 0 Å². The molecule has 0 atom stereocenters. The van der Waals surface area contributed by atoms with E-state index in [0.717, 1.165) is 15.7 Å². The zero-order valence-corrected chi connectivity index (χ0v) is 14.4. The van der Waals surface area contributed by atoms with Gasteiger partial charge in [0.15, 0.2) is 0 Å². The molecule has 2 amide bonds. The minimum absolute atomic E-state index is 0.178. The third kappa shape index (κ3) is 3.64. The maximum atomic E-state index is 12.5. The van der Waals surface area contributed by atoms with Gasteiger partial charge in [-0.05, 0) is 64.3 Å². The highest BCUT2D eigenvalue weighted by Gasteiger charge is 2.57. The third-order valence-electron chi connectivity index (χ3n) is 3.54. The van der Waals surface area contributed by atoms with E-state index in [-0.39, 0.29) is 17.4 Å². The summed E-state index contributed by atoms with van der Waals surface area (Å²) < 4.78 is 0.963. The average Bonchev–Trinajstić information content (AvgIpc) is 3.11. The van der Waals surface area contributed by atoms with Crippen molar-refractivity contribution in [2.45, 2.75) is 46.1 Å². The number of hydrogen-bond donors (Lipinski definition) is 2. The van der Waals surface area contributed by atoms with Gasteiger partial charge in [0.25, 0.3) is 0 Å². The number of amides is 2. The summed E-state index contributed by atoms with van der Waals surface area (Å²) in [5.74, 6) is -0.392. The van der Waals surface area contributed by atoms with E-state index in [1.165, 1.54) is 0 Å². The minimum atomic E-state index is -0.896. The number of halogens is 1. The molecule has 0 unspecified atom stereocenters. The number of carbonyl (C=O) groups excluding carboxylic acids is 2. The van der Waals surface area contributed by atoms with Crippen molar-refractivity contribution < 1.29 is 9.59 Å². The molecule has 21 heavy (non-hydrogen) atoms. The van der Waals surface area contributed by atoms with Gasteiger partial charge in [0, 0.05) is 15.7 Å². The molecule has 0 radical (unpaired) electrons. The number of anilines is 1. The van der Waals surface area contributed by atoms with Crippen LogP contribution in [0.4, 0.5) is 5.69 Å². The van der Waals surface area contributed by atoms with Gasteiger partial charge in [0.05, 0.1) is 0 Å². The average molecular weight is 353 g/mol. The summed E-state index contributed by atoms with van der Waals surface area (Å²) in [5, 5.41) is 5.79. The molecule has 1 aromatic rings. The molecule has 1 aliphatic rings. The summed E-state index contributed by atoms with van der Waals surface area (Å²) in [5.41, 5.74) is 0.482. The lowest BCUT2D eigenvalue weighted by molar-refractivity contribution is -0.135. The van der Waals surface area contributed by atoms with Gasteiger partial charge in [-0.15, -0.1) is 0 Å². The van der Waals surface area contributed by atoms with Crippen LogP contribution in [-0.2, 0) is 9.59 Å². The van der Waals surface area contributed by atoms with Gasteiger partial charge in [0.2, 0.25) is 11.8 Å². The van der Waals surface area contributed by atoms with Gasteiger partial charge in [-0.3, -0.25) is 9.59 Å². The fourth-order valence-electron chi connectivity index (χ4n) is 2.15. The highest BCUT2D eigenvalue weighted by Crippen LogP contribution is 2.47. The van der Waals surface area contributed by atoms with Crippen LogP contribution >= 0.6 is 15.9 Å². The monoisotopic (exact) mass is 352 g/mol. The van der Waals surface area contributed by atoms with Crippen LogP contribution in [0, 0.1) is 12.3 Å². The van der Waals surface area contributed by atoms with E-state index in [9.17, 15) is 9.59 Å². The van der Waals surface area contributed by atoms with Crippen LogP contribution in [0.3, 0.4) is 0 Å². The number of carbonyl (C=O) groups is 2. The lowest BCUT2D eigenvalue weighted by Gasteiger charge is -2.24. The number of nitrogens with one attached hydrogen (secondary N) is 2. The Morgan fingerprint density at radius 2 is 1.81 bits per heavy atom. The molecule has 0 saturated heterocycles. The Morgan fingerprint density at radius 1 is 1.19 bits per heavy atom. The molecule has 1 fully saturated rings. The summed E-state index contributed by atoms with van der Waals surface area (Å²) in [7, 11) is 0. The normalized spacial score (nSPS) is 16.2. The number of benzene rings is 1. The number of hydrogen-bond acceptors (Lipinski definition) is 2. The van der Waals surface area contributed by atoms with Crippen molar-refractivity contribution in [1.29, 1.82) is 0 Å². The van der Waals surface area contributed by atoms with Crippen molar-refractivity contribution in [2.24, 2.45) is 5.41 Å². The first-order valence-electron chi connectivity index (χ1n) is 7.04. The van der Waals surface area contributed by atoms with Gasteiger partial charge in [-0.25, -0.2) is 0 Å². The van der Waals surface area contributed by atoms with E-state index in [1.807, 2.05) is 45.9 Å². The molecule has 4 nitrogen and oxygen atoms in total. The Bertz CT molecular complexity index is 586. The van der Waals surface area contributed by atoms with E-state index in [4.69, 9.17) is 0 Å². The molecule has 5 heteroatoms. The van der Waals surface area contributed by atoms with Gasteiger partial charge in [-0.1, -0.05) is 15.9 Å². The summed E-state index contributed by atoms with van der Waals surface area (Å²) >= 11 is 3.39. The van der Waals surface area contributed by atoms with Crippen molar-refractivity contribution in [3.8, 4) is 0 Å².